The summed E-state index contributed by atoms with van der Waals surface area (Å²) in [6.07, 6.45) is 2.76. The van der Waals surface area contributed by atoms with Crippen LogP contribution in [0.4, 0.5) is 5.69 Å². The van der Waals surface area contributed by atoms with Crippen LogP contribution >= 0.6 is 0 Å². The molecule has 3 aromatic carbocycles. The summed E-state index contributed by atoms with van der Waals surface area (Å²) in [5.74, 6) is 6.19. The summed E-state index contributed by atoms with van der Waals surface area (Å²) in [7, 11) is 0. The molecular formula is C25H19NO. The molecule has 0 atom stereocenters. The van der Waals surface area contributed by atoms with Crippen LogP contribution in [0.25, 0.3) is 6.08 Å². The fourth-order valence-corrected chi connectivity index (χ4v) is 3.22. The highest BCUT2D eigenvalue weighted by Crippen LogP contribution is 2.29. The summed E-state index contributed by atoms with van der Waals surface area (Å²) in [6, 6.07) is 27.7. The Morgan fingerprint density at radius 3 is 2.30 bits per heavy atom. The number of nitrogens with zero attached hydrogens (tertiary/aromatic N) is 1. The van der Waals surface area contributed by atoms with Gasteiger partial charge in [-0.05, 0) is 41.8 Å². The molecular weight excluding hydrogens is 330 g/mol. The molecule has 1 heterocycles. The van der Waals surface area contributed by atoms with Crippen LogP contribution in [0.15, 0.2) is 90.5 Å². The van der Waals surface area contributed by atoms with Crippen LogP contribution in [0.3, 0.4) is 0 Å². The molecule has 2 heteroatoms. The minimum Gasteiger partial charge on any atom is -0.307 e. The van der Waals surface area contributed by atoms with Crippen molar-refractivity contribution in [2.75, 3.05) is 11.4 Å². The van der Waals surface area contributed by atoms with Gasteiger partial charge in [0, 0.05) is 17.8 Å². The average Bonchev–Trinajstić information content (AvgIpc) is 3.16. The van der Waals surface area contributed by atoms with Gasteiger partial charge in [0.05, 0.1) is 5.57 Å². The highest BCUT2D eigenvalue weighted by atomic mass is 16.2. The van der Waals surface area contributed by atoms with Gasteiger partial charge in [0.15, 0.2) is 0 Å². The predicted octanol–water partition coefficient (Wildman–Crippen LogP) is 4.71. The summed E-state index contributed by atoms with van der Waals surface area (Å²) >= 11 is 0. The molecule has 0 spiro atoms. The van der Waals surface area contributed by atoms with E-state index in [0.29, 0.717) is 12.1 Å². The van der Waals surface area contributed by atoms with E-state index in [1.165, 1.54) is 5.56 Å². The van der Waals surface area contributed by atoms with E-state index < -0.39 is 0 Å². The number of carbonyl (C=O) groups excluding carboxylic acids is 1. The summed E-state index contributed by atoms with van der Waals surface area (Å²) in [4.78, 5) is 15.1. The first kappa shape index (κ1) is 16.9. The standard InChI is InChI=1S/C25H19NO/c27-25(26-18-17-22-13-7-8-14-24(22)26)23(19-21-11-5-2-6-12-21)16-15-20-9-3-1-4-10-20/h1-14,19H,17-18H2/b23-19+. The normalized spacial score (nSPS) is 12.9. The van der Waals surface area contributed by atoms with Gasteiger partial charge in [-0.15, -0.1) is 0 Å². The first-order chi connectivity index (χ1) is 13.3. The van der Waals surface area contributed by atoms with Gasteiger partial charge in [-0.1, -0.05) is 78.6 Å². The fourth-order valence-electron chi connectivity index (χ4n) is 3.22. The third-order valence-corrected chi connectivity index (χ3v) is 4.59. The zero-order chi connectivity index (χ0) is 18.5. The lowest BCUT2D eigenvalue weighted by Crippen LogP contribution is -2.29. The quantitative estimate of drug-likeness (QED) is 0.485. The van der Waals surface area contributed by atoms with Crippen molar-refractivity contribution in [1.29, 1.82) is 0 Å². The van der Waals surface area contributed by atoms with Crippen molar-refractivity contribution < 1.29 is 4.79 Å². The molecule has 4 rings (SSSR count). The van der Waals surface area contributed by atoms with E-state index in [1.54, 1.807) is 0 Å². The van der Waals surface area contributed by atoms with E-state index in [0.717, 1.165) is 23.2 Å². The van der Waals surface area contributed by atoms with Crippen molar-refractivity contribution in [1.82, 2.24) is 0 Å². The Labute approximate surface area is 159 Å². The lowest BCUT2D eigenvalue weighted by atomic mass is 10.1. The molecule has 0 aromatic heterocycles. The number of hydrogen-bond donors (Lipinski definition) is 0. The Hall–Kier alpha value is -3.57. The summed E-state index contributed by atoms with van der Waals surface area (Å²) in [5, 5.41) is 0. The molecule has 27 heavy (non-hydrogen) atoms. The van der Waals surface area contributed by atoms with Gasteiger partial charge in [0.1, 0.15) is 0 Å². The van der Waals surface area contributed by atoms with Gasteiger partial charge in [0.2, 0.25) is 0 Å². The van der Waals surface area contributed by atoms with Gasteiger partial charge in [0.25, 0.3) is 5.91 Å². The highest BCUT2D eigenvalue weighted by molar-refractivity contribution is 6.12. The molecule has 1 amide bonds. The van der Waals surface area contributed by atoms with E-state index in [2.05, 4.69) is 17.9 Å². The van der Waals surface area contributed by atoms with Gasteiger partial charge in [-0.2, -0.15) is 0 Å². The van der Waals surface area contributed by atoms with Crippen LogP contribution in [0, 0.1) is 11.8 Å². The van der Waals surface area contributed by atoms with Crippen molar-refractivity contribution in [3.63, 3.8) is 0 Å². The third kappa shape index (κ3) is 3.83. The molecule has 0 radical (unpaired) electrons. The Morgan fingerprint density at radius 2 is 1.52 bits per heavy atom. The monoisotopic (exact) mass is 349 g/mol. The number of anilines is 1. The van der Waals surface area contributed by atoms with Crippen LogP contribution < -0.4 is 4.90 Å². The Morgan fingerprint density at radius 1 is 0.852 bits per heavy atom. The second kappa shape index (κ2) is 7.76. The Kier molecular flexibility index (Phi) is 4.85. The van der Waals surface area contributed by atoms with Crippen LogP contribution in [-0.2, 0) is 11.2 Å². The zero-order valence-electron chi connectivity index (χ0n) is 14.9. The van der Waals surface area contributed by atoms with Crippen LogP contribution in [0.1, 0.15) is 16.7 Å². The van der Waals surface area contributed by atoms with Crippen molar-refractivity contribution in [2.45, 2.75) is 6.42 Å². The number of amides is 1. The molecule has 2 nitrogen and oxygen atoms in total. The lowest BCUT2D eigenvalue weighted by molar-refractivity contribution is -0.114. The maximum Gasteiger partial charge on any atom is 0.266 e. The second-order valence-electron chi connectivity index (χ2n) is 6.42. The predicted molar refractivity (Wildman–Crippen MR) is 110 cm³/mol. The van der Waals surface area contributed by atoms with Crippen molar-refractivity contribution in [2.24, 2.45) is 0 Å². The summed E-state index contributed by atoms with van der Waals surface area (Å²) in [5.41, 5.74) is 4.56. The summed E-state index contributed by atoms with van der Waals surface area (Å²) in [6.45, 7) is 0.692. The maximum atomic E-state index is 13.3. The SMILES string of the molecule is O=C(/C(C#Cc1ccccc1)=C/c1ccccc1)N1CCc2ccccc21. The smallest absolute Gasteiger partial charge is 0.266 e. The lowest BCUT2D eigenvalue weighted by Gasteiger charge is -2.17. The van der Waals surface area contributed by atoms with E-state index >= 15 is 0 Å². The molecule has 0 fully saturated rings. The number of hydrogen-bond acceptors (Lipinski definition) is 1. The first-order valence-corrected chi connectivity index (χ1v) is 9.05. The summed E-state index contributed by atoms with van der Waals surface area (Å²) < 4.78 is 0. The molecule has 3 aromatic rings. The van der Waals surface area contributed by atoms with E-state index in [9.17, 15) is 4.79 Å². The fraction of sp³-hybridized carbons (Fsp3) is 0.0800. The molecule has 1 aliphatic heterocycles. The van der Waals surface area contributed by atoms with E-state index in [4.69, 9.17) is 0 Å². The van der Waals surface area contributed by atoms with Gasteiger partial charge < -0.3 is 4.90 Å². The molecule has 0 bridgehead atoms. The molecule has 0 unspecified atom stereocenters. The Bertz CT molecular complexity index is 1040. The number of rotatable bonds is 2. The molecule has 1 aliphatic rings. The van der Waals surface area contributed by atoms with Gasteiger partial charge >= 0.3 is 0 Å². The third-order valence-electron chi connectivity index (χ3n) is 4.59. The maximum absolute atomic E-state index is 13.3. The number of fused-ring (bicyclic) bond motifs is 1. The highest BCUT2D eigenvalue weighted by Gasteiger charge is 2.25. The van der Waals surface area contributed by atoms with Crippen LogP contribution in [0.2, 0.25) is 0 Å². The Balaban J connectivity index is 1.71. The van der Waals surface area contributed by atoms with Crippen LogP contribution in [-0.4, -0.2) is 12.5 Å². The molecule has 0 aliphatic carbocycles. The second-order valence-corrected chi connectivity index (χ2v) is 6.42. The minimum absolute atomic E-state index is 0.0489. The van der Waals surface area contributed by atoms with Gasteiger partial charge in [-0.3, -0.25) is 4.79 Å². The van der Waals surface area contributed by atoms with Crippen molar-refractivity contribution in [3.05, 3.63) is 107 Å². The number of benzene rings is 3. The minimum atomic E-state index is -0.0489. The zero-order valence-corrected chi connectivity index (χ0v) is 14.9. The van der Waals surface area contributed by atoms with Crippen LogP contribution in [0.5, 0.6) is 0 Å². The average molecular weight is 349 g/mol. The first-order valence-electron chi connectivity index (χ1n) is 9.05. The topological polar surface area (TPSA) is 20.3 Å². The van der Waals surface area contributed by atoms with Crippen molar-refractivity contribution in [3.8, 4) is 11.8 Å². The largest absolute Gasteiger partial charge is 0.307 e. The number of para-hydroxylation sites is 1. The van der Waals surface area contributed by atoms with E-state index in [-0.39, 0.29) is 5.91 Å². The molecule has 0 saturated carbocycles. The molecule has 0 N–H and O–H groups in total. The van der Waals surface area contributed by atoms with Gasteiger partial charge in [-0.25, -0.2) is 0 Å². The molecule has 0 saturated heterocycles. The van der Waals surface area contributed by atoms with Crippen molar-refractivity contribution >= 4 is 17.7 Å². The number of carbonyl (C=O) groups is 1. The van der Waals surface area contributed by atoms with E-state index in [1.807, 2.05) is 89.8 Å². The molecule has 130 valence electrons.